The predicted octanol–water partition coefficient (Wildman–Crippen LogP) is 4.32. The second-order valence-electron chi connectivity index (χ2n) is 5.42. The molecule has 0 saturated carbocycles. The van der Waals surface area contributed by atoms with Gasteiger partial charge in [-0.25, -0.2) is 0 Å². The highest BCUT2D eigenvalue weighted by Crippen LogP contribution is 2.22. The largest absolute Gasteiger partial charge is 0.484 e. The zero-order valence-electron chi connectivity index (χ0n) is 13.0. The number of carbonyl (C=O) groups excluding carboxylic acids is 1. The van der Waals surface area contributed by atoms with Crippen LogP contribution in [0.4, 0.5) is 0 Å². The highest BCUT2D eigenvalue weighted by atomic mass is 79.9. The minimum atomic E-state index is -0.137. The van der Waals surface area contributed by atoms with E-state index in [-0.39, 0.29) is 18.6 Å². The highest BCUT2D eigenvalue weighted by molar-refractivity contribution is 9.10. The van der Waals surface area contributed by atoms with Crippen molar-refractivity contribution in [1.29, 1.82) is 0 Å². The van der Waals surface area contributed by atoms with Crippen LogP contribution in [0.3, 0.4) is 0 Å². The molecule has 0 bridgehead atoms. The van der Waals surface area contributed by atoms with Crippen molar-refractivity contribution in [2.75, 3.05) is 6.61 Å². The van der Waals surface area contributed by atoms with E-state index in [9.17, 15) is 4.79 Å². The fourth-order valence-corrected chi connectivity index (χ4v) is 2.98. The zero-order chi connectivity index (χ0) is 16.1. The summed E-state index contributed by atoms with van der Waals surface area (Å²) in [6, 6.07) is 13.7. The van der Waals surface area contributed by atoms with E-state index < -0.39 is 0 Å². The number of ether oxygens (including phenoxy) is 1. The Bertz CT molecular complexity index is 650. The number of rotatable bonds is 5. The molecule has 3 nitrogen and oxygen atoms in total. The van der Waals surface area contributed by atoms with Gasteiger partial charge in [0, 0.05) is 4.47 Å². The molecule has 0 saturated heterocycles. The van der Waals surface area contributed by atoms with Crippen molar-refractivity contribution >= 4 is 21.8 Å². The number of amides is 1. The maximum Gasteiger partial charge on any atom is 0.258 e. The summed E-state index contributed by atoms with van der Waals surface area (Å²) in [5.74, 6) is 0.587. The van der Waals surface area contributed by atoms with Gasteiger partial charge >= 0.3 is 0 Å². The van der Waals surface area contributed by atoms with Gasteiger partial charge in [0.1, 0.15) is 5.75 Å². The molecule has 0 heterocycles. The number of aryl methyl sites for hydroxylation is 2. The molecular weight excluding hydrogens is 342 g/mol. The monoisotopic (exact) mass is 361 g/mol. The molecule has 0 aliphatic rings. The van der Waals surface area contributed by atoms with Crippen molar-refractivity contribution in [3.8, 4) is 5.75 Å². The van der Waals surface area contributed by atoms with E-state index in [0.29, 0.717) is 0 Å². The molecule has 0 aliphatic heterocycles. The quantitative estimate of drug-likeness (QED) is 0.860. The molecule has 4 heteroatoms. The van der Waals surface area contributed by atoms with E-state index in [1.54, 1.807) is 0 Å². The lowest BCUT2D eigenvalue weighted by Gasteiger charge is -2.16. The number of nitrogens with one attached hydrogen (secondary N) is 1. The fraction of sp³-hybridized carbons (Fsp3) is 0.278. The third-order valence-corrected chi connectivity index (χ3v) is 4.04. The van der Waals surface area contributed by atoms with Crippen molar-refractivity contribution in [2.45, 2.75) is 26.8 Å². The molecule has 0 radical (unpaired) electrons. The average molecular weight is 362 g/mol. The Hall–Kier alpha value is -1.81. The minimum absolute atomic E-state index is 0.0116. The normalized spacial score (nSPS) is 11.8. The summed E-state index contributed by atoms with van der Waals surface area (Å²) in [6.07, 6.45) is 0. The minimum Gasteiger partial charge on any atom is -0.484 e. The van der Waals surface area contributed by atoms with Crippen molar-refractivity contribution in [2.24, 2.45) is 0 Å². The van der Waals surface area contributed by atoms with E-state index in [1.807, 2.05) is 57.2 Å². The van der Waals surface area contributed by atoms with Gasteiger partial charge in [0.15, 0.2) is 6.61 Å². The maximum atomic E-state index is 12.0. The summed E-state index contributed by atoms with van der Waals surface area (Å²) in [5, 5.41) is 2.94. The van der Waals surface area contributed by atoms with Gasteiger partial charge in [-0.1, -0.05) is 40.2 Å². The average Bonchev–Trinajstić information content (AvgIpc) is 2.44. The zero-order valence-corrected chi connectivity index (χ0v) is 14.6. The van der Waals surface area contributed by atoms with E-state index >= 15 is 0 Å². The molecule has 116 valence electrons. The molecule has 0 unspecified atom stereocenters. The van der Waals surface area contributed by atoms with Crippen LogP contribution in [0, 0.1) is 13.8 Å². The molecule has 1 N–H and O–H groups in total. The molecule has 1 amide bonds. The molecule has 2 aromatic carbocycles. The molecular formula is C18H20BrNO2. The summed E-state index contributed by atoms with van der Waals surface area (Å²) in [5.41, 5.74) is 3.29. The Morgan fingerprint density at radius 3 is 2.45 bits per heavy atom. The van der Waals surface area contributed by atoms with Crippen LogP contribution >= 0.6 is 15.9 Å². The lowest BCUT2D eigenvalue weighted by molar-refractivity contribution is -0.123. The second kappa shape index (κ2) is 7.45. The molecule has 0 aromatic heterocycles. The second-order valence-corrected chi connectivity index (χ2v) is 6.28. The first-order chi connectivity index (χ1) is 10.5. The van der Waals surface area contributed by atoms with Gasteiger partial charge in [-0.15, -0.1) is 0 Å². The van der Waals surface area contributed by atoms with Gasteiger partial charge in [0.05, 0.1) is 6.04 Å². The van der Waals surface area contributed by atoms with Gasteiger partial charge in [0.2, 0.25) is 0 Å². The Morgan fingerprint density at radius 1 is 1.18 bits per heavy atom. The van der Waals surface area contributed by atoms with E-state index in [0.717, 1.165) is 26.9 Å². The van der Waals surface area contributed by atoms with Gasteiger partial charge in [-0.05, 0) is 55.7 Å². The fourth-order valence-electron chi connectivity index (χ4n) is 2.35. The third kappa shape index (κ3) is 4.60. The van der Waals surface area contributed by atoms with Crippen LogP contribution in [0.1, 0.15) is 29.7 Å². The van der Waals surface area contributed by atoms with Crippen LogP contribution in [0.15, 0.2) is 46.9 Å². The van der Waals surface area contributed by atoms with Crippen molar-refractivity contribution in [3.63, 3.8) is 0 Å². The Balaban J connectivity index is 1.91. The summed E-state index contributed by atoms with van der Waals surface area (Å²) in [7, 11) is 0. The molecule has 0 fully saturated rings. The number of hydrogen-bond donors (Lipinski definition) is 1. The third-order valence-electron chi connectivity index (χ3n) is 3.31. The molecule has 22 heavy (non-hydrogen) atoms. The maximum absolute atomic E-state index is 12.0. The van der Waals surface area contributed by atoms with Crippen LogP contribution in [-0.4, -0.2) is 12.5 Å². The molecule has 2 rings (SSSR count). The van der Waals surface area contributed by atoms with Crippen LogP contribution in [0.25, 0.3) is 0 Å². The van der Waals surface area contributed by atoms with Crippen molar-refractivity contribution in [1.82, 2.24) is 5.32 Å². The molecule has 0 aliphatic carbocycles. The molecule has 2 aromatic rings. The lowest BCUT2D eigenvalue weighted by Crippen LogP contribution is -2.31. The predicted molar refractivity (Wildman–Crippen MR) is 92.1 cm³/mol. The lowest BCUT2D eigenvalue weighted by atomic mass is 10.1. The van der Waals surface area contributed by atoms with E-state index in [2.05, 4.69) is 27.3 Å². The molecule has 0 spiro atoms. The highest BCUT2D eigenvalue weighted by Gasteiger charge is 2.12. The summed E-state index contributed by atoms with van der Waals surface area (Å²) in [4.78, 5) is 12.0. The van der Waals surface area contributed by atoms with Gasteiger partial charge in [0.25, 0.3) is 5.91 Å². The standard InChI is InChI=1S/C18H20BrNO2/c1-12-8-13(2)10-15(9-12)22-11-18(21)20-14(3)16-6-4-5-7-17(16)19/h4-10,14H,11H2,1-3H3,(H,20,21)/t14-/m0/s1. The van der Waals surface area contributed by atoms with Crippen LogP contribution in [0.2, 0.25) is 0 Å². The Kier molecular flexibility index (Phi) is 5.61. The smallest absolute Gasteiger partial charge is 0.258 e. The van der Waals surface area contributed by atoms with E-state index in [4.69, 9.17) is 4.74 Å². The Morgan fingerprint density at radius 2 is 1.82 bits per heavy atom. The number of halogens is 1. The first-order valence-electron chi connectivity index (χ1n) is 7.20. The summed E-state index contributed by atoms with van der Waals surface area (Å²) < 4.78 is 6.56. The van der Waals surface area contributed by atoms with Gasteiger partial charge < -0.3 is 10.1 Å². The number of benzene rings is 2. The van der Waals surface area contributed by atoms with Crippen LogP contribution in [0.5, 0.6) is 5.75 Å². The summed E-state index contributed by atoms with van der Waals surface area (Å²) >= 11 is 3.50. The Labute approximate surface area is 139 Å². The van der Waals surface area contributed by atoms with Gasteiger partial charge in [-0.2, -0.15) is 0 Å². The van der Waals surface area contributed by atoms with Crippen LogP contribution in [-0.2, 0) is 4.79 Å². The van der Waals surface area contributed by atoms with Crippen molar-refractivity contribution < 1.29 is 9.53 Å². The SMILES string of the molecule is Cc1cc(C)cc(OCC(=O)N[C@@H](C)c2ccccc2Br)c1. The van der Waals surface area contributed by atoms with Crippen LogP contribution < -0.4 is 10.1 Å². The number of hydrogen-bond acceptors (Lipinski definition) is 2. The molecule has 1 atom stereocenters. The first-order valence-corrected chi connectivity index (χ1v) is 8.00. The topological polar surface area (TPSA) is 38.3 Å². The van der Waals surface area contributed by atoms with Gasteiger partial charge in [-0.3, -0.25) is 4.79 Å². The first kappa shape index (κ1) is 16.6. The van der Waals surface area contributed by atoms with E-state index in [1.165, 1.54) is 0 Å². The summed E-state index contributed by atoms with van der Waals surface area (Å²) in [6.45, 7) is 5.98. The van der Waals surface area contributed by atoms with Crippen molar-refractivity contribution in [3.05, 3.63) is 63.6 Å². The number of carbonyl (C=O) groups is 1.